The van der Waals surface area contributed by atoms with Gasteiger partial charge in [-0.2, -0.15) is 0 Å². The van der Waals surface area contributed by atoms with Gasteiger partial charge in [-0.25, -0.2) is 0 Å². The summed E-state index contributed by atoms with van der Waals surface area (Å²) in [5.41, 5.74) is 1.94. The molecule has 5 heteroatoms. The van der Waals surface area contributed by atoms with Crippen LogP contribution < -0.4 is 4.74 Å². The second kappa shape index (κ2) is 8.43. The van der Waals surface area contributed by atoms with E-state index in [-0.39, 0.29) is 12.1 Å². The van der Waals surface area contributed by atoms with Gasteiger partial charge in [-0.15, -0.1) is 0 Å². The van der Waals surface area contributed by atoms with Crippen LogP contribution in [0.5, 0.6) is 5.75 Å². The second-order valence-electron chi connectivity index (χ2n) is 6.60. The molecule has 0 saturated carbocycles. The van der Waals surface area contributed by atoms with Gasteiger partial charge in [-0.1, -0.05) is 18.2 Å². The molecule has 0 spiro atoms. The van der Waals surface area contributed by atoms with Gasteiger partial charge in [0.25, 0.3) is 0 Å². The van der Waals surface area contributed by atoms with E-state index >= 15 is 0 Å². The van der Waals surface area contributed by atoms with E-state index in [0.717, 1.165) is 30.8 Å². The number of pyridine rings is 1. The number of nitrogens with zero attached hydrogens (tertiary/aromatic N) is 2. The van der Waals surface area contributed by atoms with Crippen molar-refractivity contribution in [3.05, 3.63) is 59.9 Å². The van der Waals surface area contributed by atoms with Crippen molar-refractivity contribution in [2.75, 3.05) is 26.9 Å². The number of benzene rings is 1. The lowest BCUT2D eigenvalue weighted by atomic mass is 9.89. The Kier molecular flexibility index (Phi) is 6.02. The summed E-state index contributed by atoms with van der Waals surface area (Å²) in [5, 5.41) is 9.89. The SMILES string of the molecule is CN(Cc1ccc(OCc2ccccn2)cc1)C1(CO)CCOCC1. The number of hydrogen-bond acceptors (Lipinski definition) is 5. The topological polar surface area (TPSA) is 54.8 Å². The van der Waals surface area contributed by atoms with Gasteiger partial charge in [0.05, 0.1) is 12.3 Å². The molecule has 3 rings (SSSR count). The smallest absolute Gasteiger partial charge is 0.130 e. The van der Waals surface area contributed by atoms with Crippen molar-refractivity contribution in [3.63, 3.8) is 0 Å². The highest BCUT2D eigenvalue weighted by Gasteiger charge is 2.35. The van der Waals surface area contributed by atoms with Gasteiger partial charge >= 0.3 is 0 Å². The van der Waals surface area contributed by atoms with E-state index in [2.05, 4.69) is 29.1 Å². The van der Waals surface area contributed by atoms with Gasteiger partial charge in [-0.3, -0.25) is 9.88 Å². The lowest BCUT2D eigenvalue weighted by Gasteiger charge is -2.43. The predicted octanol–water partition coefficient (Wildman–Crippen LogP) is 2.63. The summed E-state index contributed by atoms with van der Waals surface area (Å²) in [6.45, 7) is 2.85. The van der Waals surface area contributed by atoms with Crippen LogP contribution in [0.4, 0.5) is 0 Å². The van der Waals surface area contributed by atoms with E-state index in [4.69, 9.17) is 9.47 Å². The monoisotopic (exact) mass is 342 g/mol. The first-order valence-corrected chi connectivity index (χ1v) is 8.73. The molecule has 0 aliphatic carbocycles. The molecule has 0 atom stereocenters. The van der Waals surface area contributed by atoms with Gasteiger partial charge < -0.3 is 14.6 Å². The summed E-state index contributed by atoms with van der Waals surface area (Å²) in [5.74, 6) is 0.833. The fraction of sp³-hybridized carbons (Fsp3) is 0.450. The summed E-state index contributed by atoms with van der Waals surface area (Å²) in [4.78, 5) is 6.50. The van der Waals surface area contributed by atoms with Crippen LogP contribution in [0.1, 0.15) is 24.1 Å². The number of aliphatic hydroxyl groups is 1. The van der Waals surface area contributed by atoms with Crippen LogP contribution in [-0.4, -0.2) is 47.4 Å². The zero-order valence-corrected chi connectivity index (χ0v) is 14.7. The number of hydrogen-bond donors (Lipinski definition) is 1. The molecule has 2 heterocycles. The third-order valence-corrected chi connectivity index (χ3v) is 4.98. The van der Waals surface area contributed by atoms with Gasteiger partial charge in [0.15, 0.2) is 0 Å². The minimum atomic E-state index is -0.174. The standard InChI is InChI=1S/C20H26N2O3/c1-22(20(16-23)9-12-24-13-10-20)14-17-5-7-19(8-6-17)25-15-18-4-2-3-11-21-18/h2-8,11,23H,9-10,12-16H2,1H3. The first kappa shape index (κ1) is 17.9. The number of aromatic nitrogens is 1. The van der Waals surface area contributed by atoms with Crippen LogP contribution in [0.25, 0.3) is 0 Å². The van der Waals surface area contributed by atoms with E-state index < -0.39 is 0 Å². The molecule has 0 bridgehead atoms. The summed E-state index contributed by atoms with van der Waals surface area (Å²) < 4.78 is 11.2. The Morgan fingerprint density at radius 2 is 1.92 bits per heavy atom. The van der Waals surface area contributed by atoms with Gasteiger partial charge in [-0.05, 0) is 49.7 Å². The molecule has 1 aromatic carbocycles. The van der Waals surface area contributed by atoms with E-state index in [9.17, 15) is 5.11 Å². The Morgan fingerprint density at radius 3 is 2.56 bits per heavy atom. The molecule has 1 fully saturated rings. The molecule has 25 heavy (non-hydrogen) atoms. The molecule has 1 aliphatic rings. The van der Waals surface area contributed by atoms with Crippen LogP contribution in [0.2, 0.25) is 0 Å². The third-order valence-electron chi connectivity index (χ3n) is 4.98. The first-order chi connectivity index (χ1) is 12.2. The van der Waals surface area contributed by atoms with Crippen molar-refractivity contribution in [2.45, 2.75) is 31.5 Å². The maximum absolute atomic E-state index is 9.89. The van der Waals surface area contributed by atoms with Crippen LogP contribution in [0.3, 0.4) is 0 Å². The van der Waals surface area contributed by atoms with E-state index in [1.165, 1.54) is 5.56 Å². The number of likely N-dealkylation sites (N-methyl/N-ethyl adjacent to an activating group) is 1. The molecule has 0 radical (unpaired) electrons. The summed E-state index contributed by atoms with van der Waals surface area (Å²) in [6.07, 6.45) is 3.50. The van der Waals surface area contributed by atoms with Crippen LogP contribution in [-0.2, 0) is 17.9 Å². The van der Waals surface area contributed by atoms with E-state index in [1.54, 1.807) is 6.20 Å². The highest BCUT2D eigenvalue weighted by Crippen LogP contribution is 2.28. The Balaban J connectivity index is 1.56. The summed E-state index contributed by atoms with van der Waals surface area (Å²) in [6, 6.07) is 13.9. The molecule has 1 aromatic heterocycles. The molecular formula is C20H26N2O3. The molecule has 0 amide bonds. The zero-order chi connectivity index (χ0) is 17.5. The minimum Gasteiger partial charge on any atom is -0.487 e. The highest BCUT2D eigenvalue weighted by atomic mass is 16.5. The third kappa shape index (κ3) is 4.57. The van der Waals surface area contributed by atoms with Crippen LogP contribution >= 0.6 is 0 Å². The first-order valence-electron chi connectivity index (χ1n) is 8.73. The van der Waals surface area contributed by atoms with Crippen molar-refractivity contribution in [3.8, 4) is 5.75 Å². The average molecular weight is 342 g/mol. The van der Waals surface area contributed by atoms with Crippen molar-refractivity contribution >= 4 is 0 Å². The Morgan fingerprint density at radius 1 is 1.16 bits per heavy atom. The van der Waals surface area contributed by atoms with Crippen LogP contribution in [0, 0.1) is 0 Å². The van der Waals surface area contributed by atoms with E-state index in [1.807, 2.05) is 30.3 Å². The Bertz CT molecular complexity index is 640. The number of rotatable bonds is 7. The van der Waals surface area contributed by atoms with Crippen LogP contribution in [0.15, 0.2) is 48.7 Å². The maximum Gasteiger partial charge on any atom is 0.130 e. The molecule has 134 valence electrons. The number of ether oxygens (including phenoxy) is 2. The normalized spacial score (nSPS) is 16.8. The molecule has 0 unspecified atom stereocenters. The lowest BCUT2D eigenvalue weighted by molar-refractivity contribution is -0.0493. The fourth-order valence-corrected chi connectivity index (χ4v) is 3.19. The Hall–Kier alpha value is -1.95. The highest BCUT2D eigenvalue weighted by molar-refractivity contribution is 5.27. The molecule has 2 aromatic rings. The molecule has 1 aliphatic heterocycles. The maximum atomic E-state index is 9.89. The lowest BCUT2D eigenvalue weighted by Crippen LogP contribution is -2.52. The Labute approximate surface area is 149 Å². The predicted molar refractivity (Wildman–Crippen MR) is 96.3 cm³/mol. The zero-order valence-electron chi connectivity index (χ0n) is 14.7. The van der Waals surface area contributed by atoms with Gasteiger partial charge in [0.1, 0.15) is 12.4 Å². The van der Waals surface area contributed by atoms with Crippen molar-refractivity contribution < 1.29 is 14.6 Å². The summed E-state index contributed by atoms with van der Waals surface area (Å²) in [7, 11) is 2.08. The minimum absolute atomic E-state index is 0.165. The quantitative estimate of drug-likeness (QED) is 0.838. The van der Waals surface area contributed by atoms with Crippen molar-refractivity contribution in [1.29, 1.82) is 0 Å². The van der Waals surface area contributed by atoms with Crippen molar-refractivity contribution in [1.82, 2.24) is 9.88 Å². The van der Waals surface area contributed by atoms with E-state index in [0.29, 0.717) is 19.8 Å². The fourth-order valence-electron chi connectivity index (χ4n) is 3.19. The second-order valence-corrected chi connectivity index (χ2v) is 6.60. The average Bonchev–Trinajstić information content (AvgIpc) is 2.68. The molecular weight excluding hydrogens is 316 g/mol. The number of aliphatic hydroxyl groups excluding tert-OH is 1. The molecule has 1 saturated heterocycles. The molecule has 5 nitrogen and oxygen atoms in total. The largest absolute Gasteiger partial charge is 0.487 e. The van der Waals surface area contributed by atoms with Gasteiger partial charge in [0.2, 0.25) is 0 Å². The molecule has 1 N–H and O–H groups in total. The summed E-state index contributed by atoms with van der Waals surface area (Å²) >= 11 is 0. The van der Waals surface area contributed by atoms with Crippen molar-refractivity contribution in [2.24, 2.45) is 0 Å². The van der Waals surface area contributed by atoms with Gasteiger partial charge in [0, 0.05) is 31.5 Å².